The summed E-state index contributed by atoms with van der Waals surface area (Å²) in [5.74, 6) is 0.257. The van der Waals surface area contributed by atoms with E-state index in [2.05, 4.69) is 21.5 Å². The van der Waals surface area contributed by atoms with Crippen LogP contribution in [0.25, 0.3) is 11.2 Å². The van der Waals surface area contributed by atoms with Crippen LogP contribution in [0.2, 0.25) is 0 Å². The predicted octanol–water partition coefficient (Wildman–Crippen LogP) is -0.776. The summed E-state index contributed by atoms with van der Waals surface area (Å²) in [5, 5.41) is 19.4. The molecule has 0 aromatic carbocycles. The monoisotopic (exact) mass is 293 g/mol. The SMILES string of the molecule is C=C1[C@@H](O)[C@H](n2cnc3c(OC)nc(N)nc32)O[C@@H]1CO. The van der Waals surface area contributed by atoms with Crippen LogP contribution in [-0.2, 0) is 4.74 Å². The number of methoxy groups -OCH3 is 1. The Kier molecular flexibility index (Phi) is 3.24. The minimum atomic E-state index is -0.985. The van der Waals surface area contributed by atoms with E-state index in [1.807, 2.05) is 0 Å². The summed E-state index contributed by atoms with van der Waals surface area (Å²) in [5.41, 5.74) is 6.81. The van der Waals surface area contributed by atoms with Gasteiger partial charge in [-0.15, -0.1) is 0 Å². The number of aliphatic hydroxyl groups excluding tert-OH is 2. The fourth-order valence-electron chi connectivity index (χ4n) is 2.32. The van der Waals surface area contributed by atoms with Crippen molar-refractivity contribution in [2.45, 2.75) is 18.4 Å². The molecule has 21 heavy (non-hydrogen) atoms. The molecule has 3 rings (SSSR count). The number of rotatable bonds is 3. The van der Waals surface area contributed by atoms with Gasteiger partial charge in [0.2, 0.25) is 11.8 Å². The molecule has 0 unspecified atom stereocenters. The molecule has 3 atom stereocenters. The van der Waals surface area contributed by atoms with Crippen LogP contribution in [0.15, 0.2) is 18.5 Å². The van der Waals surface area contributed by atoms with Crippen molar-refractivity contribution in [2.75, 3.05) is 19.5 Å². The fraction of sp³-hybridized carbons (Fsp3) is 0.417. The Labute approximate surface area is 119 Å². The summed E-state index contributed by atoms with van der Waals surface area (Å²) in [6.07, 6.45) is -0.966. The first-order valence-corrected chi connectivity index (χ1v) is 6.24. The molecule has 9 heteroatoms. The fourth-order valence-corrected chi connectivity index (χ4v) is 2.32. The van der Waals surface area contributed by atoms with E-state index >= 15 is 0 Å². The van der Waals surface area contributed by atoms with Crippen LogP contribution in [-0.4, -0.2) is 55.7 Å². The van der Waals surface area contributed by atoms with E-state index in [9.17, 15) is 10.2 Å². The molecule has 0 aliphatic carbocycles. The molecule has 1 saturated heterocycles. The number of aliphatic hydroxyl groups is 2. The first-order valence-electron chi connectivity index (χ1n) is 6.24. The summed E-state index contributed by atoms with van der Waals surface area (Å²) >= 11 is 0. The number of nitrogens with zero attached hydrogens (tertiary/aromatic N) is 4. The smallest absolute Gasteiger partial charge is 0.246 e. The first-order chi connectivity index (χ1) is 10.1. The molecule has 0 radical (unpaired) electrons. The van der Waals surface area contributed by atoms with Crippen molar-refractivity contribution in [3.8, 4) is 5.88 Å². The zero-order valence-corrected chi connectivity index (χ0v) is 11.3. The van der Waals surface area contributed by atoms with Gasteiger partial charge < -0.3 is 25.4 Å². The maximum Gasteiger partial charge on any atom is 0.246 e. The molecular weight excluding hydrogens is 278 g/mol. The second kappa shape index (κ2) is 4.95. The highest BCUT2D eigenvalue weighted by molar-refractivity contribution is 5.77. The molecule has 0 saturated carbocycles. The van der Waals surface area contributed by atoms with Gasteiger partial charge in [-0.25, -0.2) is 4.98 Å². The third kappa shape index (κ3) is 2.02. The number of ether oxygens (including phenoxy) is 2. The van der Waals surface area contributed by atoms with Crippen LogP contribution < -0.4 is 10.5 Å². The van der Waals surface area contributed by atoms with Crippen molar-refractivity contribution in [2.24, 2.45) is 0 Å². The van der Waals surface area contributed by atoms with E-state index in [4.69, 9.17) is 15.2 Å². The average Bonchev–Trinajstić information content (AvgIpc) is 3.01. The lowest BCUT2D eigenvalue weighted by Crippen LogP contribution is -2.20. The highest BCUT2D eigenvalue weighted by Gasteiger charge is 2.39. The van der Waals surface area contributed by atoms with Crippen molar-refractivity contribution in [1.29, 1.82) is 0 Å². The van der Waals surface area contributed by atoms with Gasteiger partial charge in [0.1, 0.15) is 12.2 Å². The van der Waals surface area contributed by atoms with Crippen LogP contribution in [0.5, 0.6) is 5.88 Å². The Bertz CT molecular complexity index is 700. The summed E-state index contributed by atoms with van der Waals surface area (Å²) in [7, 11) is 1.45. The predicted molar refractivity (Wildman–Crippen MR) is 72.4 cm³/mol. The quantitative estimate of drug-likeness (QED) is 0.629. The van der Waals surface area contributed by atoms with Crippen LogP contribution >= 0.6 is 0 Å². The standard InChI is InChI=1S/C12H15N5O4/c1-5-6(3-18)21-11(8(5)19)17-4-14-7-9(17)15-12(13)16-10(7)20-2/h4,6,8,11,18-19H,1,3H2,2H3,(H2,13,15,16)/t6-,8-,11-/m1/s1. The molecule has 1 fully saturated rings. The van der Waals surface area contributed by atoms with Crippen molar-refractivity contribution in [3.63, 3.8) is 0 Å². The van der Waals surface area contributed by atoms with Gasteiger partial charge in [0.15, 0.2) is 17.4 Å². The highest BCUT2D eigenvalue weighted by Crippen LogP contribution is 2.34. The summed E-state index contributed by atoms with van der Waals surface area (Å²) in [4.78, 5) is 12.2. The van der Waals surface area contributed by atoms with E-state index in [1.165, 1.54) is 18.0 Å². The lowest BCUT2D eigenvalue weighted by molar-refractivity contribution is -0.0483. The van der Waals surface area contributed by atoms with Gasteiger partial charge in [0.05, 0.1) is 20.0 Å². The zero-order chi connectivity index (χ0) is 15.1. The van der Waals surface area contributed by atoms with Crippen LogP contribution in [0.4, 0.5) is 5.95 Å². The maximum absolute atomic E-state index is 10.2. The zero-order valence-electron chi connectivity index (χ0n) is 11.3. The summed E-state index contributed by atoms with van der Waals surface area (Å²) in [6, 6.07) is 0. The molecule has 2 aromatic heterocycles. The Morgan fingerprint density at radius 1 is 1.52 bits per heavy atom. The average molecular weight is 293 g/mol. The largest absolute Gasteiger partial charge is 0.479 e. The lowest BCUT2D eigenvalue weighted by atomic mass is 10.1. The first kappa shape index (κ1) is 13.7. The van der Waals surface area contributed by atoms with E-state index in [-0.39, 0.29) is 18.4 Å². The van der Waals surface area contributed by atoms with Crippen LogP contribution in [0, 0.1) is 0 Å². The lowest BCUT2D eigenvalue weighted by Gasteiger charge is -2.16. The number of aromatic nitrogens is 4. The van der Waals surface area contributed by atoms with Gasteiger partial charge in [-0.05, 0) is 5.57 Å². The normalized spacial score (nSPS) is 25.7. The minimum Gasteiger partial charge on any atom is -0.479 e. The second-order valence-corrected chi connectivity index (χ2v) is 4.63. The Morgan fingerprint density at radius 2 is 2.29 bits per heavy atom. The van der Waals surface area contributed by atoms with Crippen molar-refractivity contribution in [1.82, 2.24) is 19.5 Å². The van der Waals surface area contributed by atoms with Gasteiger partial charge >= 0.3 is 0 Å². The number of nitrogens with two attached hydrogens (primary N) is 1. The molecular formula is C12H15N5O4. The molecule has 4 N–H and O–H groups in total. The molecule has 9 nitrogen and oxygen atoms in total. The molecule has 1 aliphatic rings. The highest BCUT2D eigenvalue weighted by atomic mass is 16.5. The van der Waals surface area contributed by atoms with Crippen molar-refractivity contribution in [3.05, 3.63) is 18.5 Å². The number of hydrogen-bond donors (Lipinski definition) is 3. The third-order valence-corrected chi connectivity index (χ3v) is 3.41. The molecule has 3 heterocycles. The minimum absolute atomic E-state index is 0.0196. The number of nitrogen functional groups attached to an aromatic ring is 1. The Hall–Kier alpha value is -2.23. The van der Waals surface area contributed by atoms with Gasteiger partial charge in [-0.1, -0.05) is 6.58 Å². The Morgan fingerprint density at radius 3 is 2.90 bits per heavy atom. The summed E-state index contributed by atoms with van der Waals surface area (Å²) < 4.78 is 12.2. The van der Waals surface area contributed by atoms with Crippen molar-refractivity contribution >= 4 is 17.1 Å². The van der Waals surface area contributed by atoms with Crippen LogP contribution in [0.1, 0.15) is 6.23 Å². The summed E-state index contributed by atoms with van der Waals surface area (Å²) in [6.45, 7) is 3.46. The maximum atomic E-state index is 10.2. The molecule has 0 amide bonds. The molecule has 2 aromatic rings. The van der Waals surface area contributed by atoms with E-state index in [1.54, 1.807) is 0 Å². The van der Waals surface area contributed by atoms with Gasteiger partial charge in [-0.2, -0.15) is 9.97 Å². The van der Waals surface area contributed by atoms with Gasteiger partial charge in [0, 0.05) is 0 Å². The third-order valence-electron chi connectivity index (χ3n) is 3.41. The number of anilines is 1. The molecule has 1 aliphatic heterocycles. The molecule has 0 bridgehead atoms. The number of hydrogen-bond acceptors (Lipinski definition) is 8. The van der Waals surface area contributed by atoms with Crippen molar-refractivity contribution < 1.29 is 19.7 Å². The van der Waals surface area contributed by atoms with E-state index in [0.717, 1.165) is 0 Å². The van der Waals surface area contributed by atoms with E-state index < -0.39 is 18.4 Å². The van der Waals surface area contributed by atoms with Gasteiger partial charge in [-0.3, -0.25) is 4.57 Å². The number of fused-ring (bicyclic) bond motifs is 1. The van der Waals surface area contributed by atoms with Gasteiger partial charge in [0.25, 0.3) is 0 Å². The van der Waals surface area contributed by atoms with E-state index in [0.29, 0.717) is 16.7 Å². The topological polar surface area (TPSA) is 129 Å². The van der Waals surface area contributed by atoms with Crippen LogP contribution in [0.3, 0.4) is 0 Å². The molecule has 0 spiro atoms. The molecule has 112 valence electrons. The second-order valence-electron chi connectivity index (χ2n) is 4.63. The Balaban J connectivity index is 2.10. The number of imidazole rings is 1.